The maximum absolute atomic E-state index is 12.3. The number of hydrogen-bond acceptors (Lipinski definition) is 5. The average Bonchev–Trinajstić information content (AvgIpc) is 3.20. The van der Waals surface area contributed by atoms with Crippen molar-refractivity contribution < 1.29 is 17.6 Å². The Morgan fingerprint density at radius 1 is 1.07 bits per heavy atom. The van der Waals surface area contributed by atoms with E-state index < -0.39 is 15.9 Å². The summed E-state index contributed by atoms with van der Waals surface area (Å²) >= 11 is 11.0. The molecule has 2 aromatic carbocycles. The lowest BCUT2D eigenvalue weighted by molar-refractivity contribution is 0.0977. The minimum Gasteiger partial charge on any atom is -0.468 e. The van der Waals surface area contributed by atoms with E-state index in [0.717, 1.165) is 0 Å². The van der Waals surface area contributed by atoms with Gasteiger partial charge in [-0.25, -0.2) is 13.1 Å². The summed E-state index contributed by atoms with van der Waals surface area (Å²) in [5.41, 5.74) is 0.886. The van der Waals surface area contributed by atoms with Crippen LogP contribution < -0.4 is 15.4 Å². The summed E-state index contributed by atoms with van der Waals surface area (Å²) in [6.45, 7) is 0.0506. The van der Waals surface area contributed by atoms with E-state index in [1.807, 2.05) is 0 Å². The molecule has 0 bridgehead atoms. The van der Waals surface area contributed by atoms with Gasteiger partial charge in [0.1, 0.15) is 5.76 Å². The summed E-state index contributed by atoms with van der Waals surface area (Å²) in [4.78, 5) is 12.2. The molecule has 150 valence electrons. The van der Waals surface area contributed by atoms with Crippen molar-refractivity contribution in [3.05, 3.63) is 83.3 Å². The quantitative estimate of drug-likeness (QED) is 0.498. The number of hydrogen-bond donors (Lipinski definition) is 3. The molecule has 3 aromatic rings. The smallest absolute Gasteiger partial charge is 0.257 e. The molecule has 3 N–H and O–H groups in total. The Kier molecular flexibility index (Phi) is 6.65. The van der Waals surface area contributed by atoms with Gasteiger partial charge in [0.25, 0.3) is 5.91 Å². The zero-order valence-electron chi connectivity index (χ0n) is 14.9. The number of nitrogens with one attached hydrogen (secondary N) is 3. The van der Waals surface area contributed by atoms with Gasteiger partial charge >= 0.3 is 0 Å². The van der Waals surface area contributed by atoms with Crippen molar-refractivity contribution in [3.63, 3.8) is 0 Å². The van der Waals surface area contributed by atoms with Crippen LogP contribution in [0.2, 0.25) is 5.02 Å². The molecule has 1 aromatic heterocycles. The first-order valence-electron chi connectivity index (χ1n) is 8.33. The number of amides is 1. The molecule has 0 fully saturated rings. The second-order valence-corrected chi connectivity index (χ2v) is 8.46. The largest absolute Gasteiger partial charge is 0.468 e. The normalized spacial score (nSPS) is 11.1. The Morgan fingerprint density at radius 2 is 1.83 bits per heavy atom. The average molecular weight is 450 g/mol. The summed E-state index contributed by atoms with van der Waals surface area (Å²) in [5.74, 6) is 0.0963. The lowest BCUT2D eigenvalue weighted by atomic mass is 10.2. The fraction of sp³-hybridized carbons (Fsp3) is 0.0526. The SMILES string of the molecule is O=C(NC(=S)Nc1ccc(S(=O)(=O)NCc2ccco2)cc1)c1cccc(Cl)c1. The minimum absolute atomic E-state index is 0.0506. The van der Waals surface area contributed by atoms with Crippen molar-refractivity contribution >= 4 is 50.5 Å². The van der Waals surface area contributed by atoms with Crippen molar-refractivity contribution in [2.45, 2.75) is 11.4 Å². The van der Waals surface area contributed by atoms with Crippen LogP contribution in [0.4, 0.5) is 5.69 Å². The van der Waals surface area contributed by atoms with Gasteiger partial charge in [-0.15, -0.1) is 0 Å². The Balaban J connectivity index is 1.58. The molecule has 1 heterocycles. The van der Waals surface area contributed by atoms with Gasteiger partial charge in [0.15, 0.2) is 5.11 Å². The van der Waals surface area contributed by atoms with E-state index in [0.29, 0.717) is 22.0 Å². The second-order valence-electron chi connectivity index (χ2n) is 5.85. The highest BCUT2D eigenvalue weighted by Gasteiger charge is 2.14. The fourth-order valence-electron chi connectivity index (χ4n) is 2.35. The van der Waals surface area contributed by atoms with Gasteiger partial charge in [-0.1, -0.05) is 17.7 Å². The van der Waals surface area contributed by atoms with E-state index in [-0.39, 0.29) is 16.6 Å². The van der Waals surface area contributed by atoms with Crippen LogP contribution >= 0.6 is 23.8 Å². The molecule has 0 aliphatic carbocycles. The van der Waals surface area contributed by atoms with E-state index in [4.69, 9.17) is 28.2 Å². The third-order valence-electron chi connectivity index (χ3n) is 3.75. The number of anilines is 1. The number of halogens is 1. The number of benzene rings is 2. The van der Waals surface area contributed by atoms with Gasteiger partial charge in [0, 0.05) is 16.3 Å². The van der Waals surface area contributed by atoms with Gasteiger partial charge < -0.3 is 9.73 Å². The summed E-state index contributed by atoms with van der Waals surface area (Å²) in [5, 5.41) is 5.87. The third kappa shape index (κ3) is 5.88. The highest BCUT2D eigenvalue weighted by Crippen LogP contribution is 2.15. The van der Waals surface area contributed by atoms with E-state index in [1.165, 1.54) is 24.5 Å². The van der Waals surface area contributed by atoms with Crippen LogP contribution in [-0.4, -0.2) is 19.4 Å². The van der Waals surface area contributed by atoms with E-state index in [2.05, 4.69) is 15.4 Å². The van der Waals surface area contributed by atoms with Crippen LogP contribution in [0.3, 0.4) is 0 Å². The Bertz CT molecular complexity index is 1110. The first-order chi connectivity index (χ1) is 13.8. The molecule has 7 nitrogen and oxygen atoms in total. The monoisotopic (exact) mass is 449 g/mol. The number of rotatable bonds is 6. The lowest BCUT2D eigenvalue weighted by Crippen LogP contribution is -2.34. The predicted molar refractivity (Wildman–Crippen MR) is 114 cm³/mol. The van der Waals surface area contributed by atoms with Crippen molar-refractivity contribution in [2.24, 2.45) is 0 Å². The summed E-state index contributed by atoms with van der Waals surface area (Å²) in [6.07, 6.45) is 1.47. The number of thiocarbonyl (C=S) groups is 1. The lowest BCUT2D eigenvalue weighted by Gasteiger charge is -2.11. The Morgan fingerprint density at radius 3 is 2.48 bits per heavy atom. The molecular formula is C19H16ClN3O4S2. The van der Waals surface area contributed by atoms with Crippen LogP contribution in [0.1, 0.15) is 16.1 Å². The molecule has 1 amide bonds. The van der Waals surface area contributed by atoms with Gasteiger partial charge in [-0.3, -0.25) is 10.1 Å². The molecule has 10 heteroatoms. The summed E-state index contributed by atoms with van der Waals surface area (Å²) in [6, 6.07) is 15.7. The zero-order chi connectivity index (χ0) is 20.9. The first-order valence-corrected chi connectivity index (χ1v) is 10.6. The highest BCUT2D eigenvalue weighted by molar-refractivity contribution is 7.89. The van der Waals surface area contributed by atoms with Gasteiger partial charge in [0.05, 0.1) is 17.7 Å². The molecule has 0 unspecified atom stereocenters. The summed E-state index contributed by atoms with van der Waals surface area (Å²) < 4.78 is 32.2. The van der Waals surface area contributed by atoms with E-state index in [9.17, 15) is 13.2 Å². The summed E-state index contributed by atoms with van der Waals surface area (Å²) in [7, 11) is -3.69. The molecule has 0 atom stereocenters. The predicted octanol–water partition coefficient (Wildman–Crippen LogP) is 3.54. The molecule has 0 saturated heterocycles. The highest BCUT2D eigenvalue weighted by atomic mass is 35.5. The molecule has 0 saturated carbocycles. The van der Waals surface area contributed by atoms with Crippen LogP contribution in [0, 0.1) is 0 Å². The van der Waals surface area contributed by atoms with Crippen LogP contribution in [0.5, 0.6) is 0 Å². The number of sulfonamides is 1. The molecule has 0 aliphatic rings. The van der Waals surface area contributed by atoms with Crippen LogP contribution in [0.15, 0.2) is 76.2 Å². The molecule has 0 spiro atoms. The van der Waals surface area contributed by atoms with Crippen LogP contribution in [-0.2, 0) is 16.6 Å². The number of carbonyl (C=O) groups excluding carboxylic acids is 1. The fourth-order valence-corrected chi connectivity index (χ4v) is 3.74. The molecule has 29 heavy (non-hydrogen) atoms. The first kappa shape index (κ1) is 21.0. The molecule has 0 aliphatic heterocycles. The third-order valence-corrected chi connectivity index (χ3v) is 5.61. The minimum atomic E-state index is -3.69. The van der Waals surface area contributed by atoms with E-state index in [1.54, 1.807) is 42.5 Å². The zero-order valence-corrected chi connectivity index (χ0v) is 17.3. The van der Waals surface area contributed by atoms with Gasteiger partial charge in [0.2, 0.25) is 10.0 Å². The molecule has 3 rings (SSSR count). The number of carbonyl (C=O) groups is 1. The van der Waals surface area contributed by atoms with Crippen molar-refractivity contribution in [1.82, 2.24) is 10.0 Å². The molecule has 0 radical (unpaired) electrons. The van der Waals surface area contributed by atoms with Crippen LogP contribution in [0.25, 0.3) is 0 Å². The maximum atomic E-state index is 12.3. The van der Waals surface area contributed by atoms with E-state index >= 15 is 0 Å². The topological polar surface area (TPSA) is 100 Å². The molecular weight excluding hydrogens is 434 g/mol. The van der Waals surface area contributed by atoms with Crippen molar-refractivity contribution in [2.75, 3.05) is 5.32 Å². The maximum Gasteiger partial charge on any atom is 0.257 e. The second kappa shape index (κ2) is 9.19. The van der Waals surface area contributed by atoms with Gasteiger partial charge in [-0.05, 0) is 66.8 Å². The Hall–Kier alpha value is -2.72. The van der Waals surface area contributed by atoms with Crippen molar-refractivity contribution in [3.8, 4) is 0 Å². The van der Waals surface area contributed by atoms with Crippen molar-refractivity contribution in [1.29, 1.82) is 0 Å². The van der Waals surface area contributed by atoms with Gasteiger partial charge in [-0.2, -0.15) is 0 Å². The number of furan rings is 1. The standard InChI is InChI=1S/C19H16ClN3O4S2/c20-14-4-1-3-13(11-14)18(24)23-19(28)22-15-6-8-17(9-7-15)29(25,26)21-12-16-5-2-10-27-16/h1-11,21H,12H2,(H2,22,23,24,28). The Labute approximate surface area is 178 Å².